The molecule has 1 aliphatic rings. The number of aliphatic hydroxyl groups is 1. The third kappa shape index (κ3) is 6.36. The number of benzene rings is 3. The second kappa shape index (κ2) is 10.3. The first kappa shape index (κ1) is 25.1. The summed E-state index contributed by atoms with van der Waals surface area (Å²) in [7, 11) is 0. The summed E-state index contributed by atoms with van der Waals surface area (Å²) in [5, 5.41) is 10.9. The topological polar surface area (TPSA) is 75.6 Å². The van der Waals surface area contributed by atoms with Crippen LogP contribution in [-0.2, 0) is 24.0 Å². The van der Waals surface area contributed by atoms with Gasteiger partial charge in [-0.05, 0) is 66.9 Å². The van der Waals surface area contributed by atoms with Crippen molar-refractivity contribution in [2.75, 3.05) is 17.8 Å². The van der Waals surface area contributed by atoms with Gasteiger partial charge in [-0.3, -0.25) is 4.79 Å². The van der Waals surface area contributed by atoms with Crippen molar-refractivity contribution in [2.45, 2.75) is 35.9 Å². The summed E-state index contributed by atoms with van der Waals surface area (Å²) >= 11 is -1.76. The predicted molar refractivity (Wildman–Crippen MR) is 128 cm³/mol. The van der Waals surface area contributed by atoms with Crippen molar-refractivity contribution in [3.63, 3.8) is 0 Å². The molecule has 1 atom stereocenters. The summed E-state index contributed by atoms with van der Waals surface area (Å²) in [6.45, 7) is 0.889. The van der Waals surface area contributed by atoms with Gasteiger partial charge in [0.05, 0.1) is 16.9 Å². The van der Waals surface area contributed by atoms with Gasteiger partial charge in [0.25, 0.3) is 5.91 Å². The quantitative estimate of drug-likeness (QED) is 0.463. The Balaban J connectivity index is 1.32. The molecule has 2 N–H and O–H groups in total. The molecule has 5 nitrogen and oxygen atoms in total. The van der Waals surface area contributed by atoms with Crippen LogP contribution in [0.25, 0.3) is 0 Å². The van der Waals surface area contributed by atoms with Crippen LogP contribution in [0.2, 0.25) is 0 Å². The first-order chi connectivity index (χ1) is 16.6. The Kier molecular flexibility index (Phi) is 7.39. The van der Waals surface area contributed by atoms with Crippen LogP contribution in [0.1, 0.15) is 34.3 Å². The molecule has 3 aromatic rings. The first-order valence-electron chi connectivity index (χ1n) is 11.1. The lowest BCUT2D eigenvalue weighted by Crippen LogP contribution is -2.47. The molecule has 1 heterocycles. The minimum atomic E-state index is -4.45. The van der Waals surface area contributed by atoms with E-state index in [1.54, 1.807) is 29.2 Å². The average molecular weight is 503 g/mol. The van der Waals surface area contributed by atoms with Crippen molar-refractivity contribution in [2.24, 2.45) is 0 Å². The Morgan fingerprint density at radius 3 is 2.14 bits per heavy atom. The van der Waals surface area contributed by atoms with Crippen molar-refractivity contribution in [1.82, 2.24) is 4.90 Å². The summed E-state index contributed by atoms with van der Waals surface area (Å²) in [4.78, 5) is 14.8. The highest BCUT2D eigenvalue weighted by molar-refractivity contribution is 7.92. The number of anilines is 1. The van der Waals surface area contributed by atoms with Gasteiger partial charge < -0.3 is 14.6 Å². The van der Waals surface area contributed by atoms with E-state index in [0.29, 0.717) is 43.6 Å². The van der Waals surface area contributed by atoms with E-state index in [1.165, 1.54) is 12.1 Å². The number of halogens is 3. The van der Waals surface area contributed by atoms with Crippen molar-refractivity contribution < 1.29 is 27.6 Å². The lowest BCUT2D eigenvalue weighted by atomic mass is 9.85. The molecule has 1 amide bonds. The summed E-state index contributed by atoms with van der Waals surface area (Å²) in [5.41, 5.74) is 0.345. The molecule has 1 aliphatic heterocycles. The number of nitrogens with zero attached hydrogens (tertiary/aromatic N) is 1. The van der Waals surface area contributed by atoms with Crippen molar-refractivity contribution in [3.05, 3.63) is 95.6 Å². The van der Waals surface area contributed by atoms with Crippen LogP contribution in [-0.4, -0.2) is 39.2 Å². The number of hydrogen-bond acceptors (Lipinski definition) is 4. The number of nitrogens with one attached hydrogen (secondary N) is 1. The lowest BCUT2D eigenvalue weighted by Gasteiger charge is -2.38. The van der Waals surface area contributed by atoms with Crippen molar-refractivity contribution in [1.29, 1.82) is 0 Å². The Labute approximate surface area is 204 Å². The molecule has 35 heavy (non-hydrogen) atoms. The fourth-order valence-electron chi connectivity index (χ4n) is 4.08. The number of alkyl halides is 3. The van der Waals surface area contributed by atoms with Gasteiger partial charge in [0.2, 0.25) is 0 Å². The van der Waals surface area contributed by atoms with Crippen molar-refractivity contribution in [3.8, 4) is 0 Å². The maximum absolute atomic E-state index is 12.9. The maximum Gasteiger partial charge on any atom is 0.416 e. The normalized spacial score (nSPS) is 16.5. The summed E-state index contributed by atoms with van der Waals surface area (Å²) in [6.07, 6.45) is -2.93. The zero-order valence-corrected chi connectivity index (χ0v) is 19.6. The fourth-order valence-corrected chi connectivity index (χ4v) is 4.93. The monoisotopic (exact) mass is 502 g/mol. The SMILES string of the molecule is O=C(c1ccc(N[S+]([O-])c2ccc(C(F)(F)F)cc2)cc1)N1CCC(O)(Cc2ccccc2)CC1. The number of hydrogen-bond donors (Lipinski definition) is 2. The van der Waals surface area contributed by atoms with E-state index < -0.39 is 28.7 Å². The third-order valence-corrected chi connectivity index (χ3v) is 7.22. The number of amides is 1. The van der Waals surface area contributed by atoms with E-state index in [4.69, 9.17) is 0 Å². The predicted octanol–water partition coefficient (Wildman–Crippen LogP) is 5.05. The zero-order valence-electron chi connectivity index (χ0n) is 18.8. The molecule has 184 valence electrons. The summed E-state index contributed by atoms with van der Waals surface area (Å²) < 4.78 is 53.3. The number of piperidine rings is 1. The molecular formula is C26H25F3N2O3S. The van der Waals surface area contributed by atoms with Gasteiger partial charge in [-0.25, -0.2) is 4.72 Å². The molecule has 0 aliphatic carbocycles. The Morgan fingerprint density at radius 2 is 1.57 bits per heavy atom. The van der Waals surface area contributed by atoms with Crippen LogP contribution in [0.15, 0.2) is 83.8 Å². The van der Waals surface area contributed by atoms with E-state index >= 15 is 0 Å². The van der Waals surface area contributed by atoms with Gasteiger partial charge in [-0.1, -0.05) is 30.3 Å². The van der Waals surface area contributed by atoms with Gasteiger partial charge in [0.15, 0.2) is 4.90 Å². The third-order valence-electron chi connectivity index (χ3n) is 6.10. The second-order valence-corrected chi connectivity index (χ2v) is 9.86. The Bertz CT molecular complexity index is 1130. The molecule has 9 heteroatoms. The minimum Gasteiger partial charge on any atom is -0.588 e. The number of likely N-dealkylation sites (tertiary alicyclic amines) is 1. The molecule has 1 unspecified atom stereocenters. The van der Waals surface area contributed by atoms with E-state index in [1.807, 2.05) is 30.3 Å². The molecule has 0 spiro atoms. The van der Waals surface area contributed by atoms with E-state index in [-0.39, 0.29) is 10.8 Å². The maximum atomic E-state index is 12.9. The van der Waals surface area contributed by atoms with E-state index in [0.717, 1.165) is 17.7 Å². The van der Waals surface area contributed by atoms with Gasteiger partial charge in [-0.15, -0.1) is 0 Å². The Morgan fingerprint density at radius 1 is 0.971 bits per heavy atom. The number of carbonyl (C=O) groups excluding carboxylic acids is 1. The van der Waals surface area contributed by atoms with Crippen LogP contribution in [0.5, 0.6) is 0 Å². The molecule has 3 aromatic carbocycles. The van der Waals surface area contributed by atoms with Crippen LogP contribution >= 0.6 is 0 Å². The smallest absolute Gasteiger partial charge is 0.416 e. The Hall–Kier alpha value is -3.01. The van der Waals surface area contributed by atoms with Crippen LogP contribution < -0.4 is 4.72 Å². The largest absolute Gasteiger partial charge is 0.588 e. The highest BCUT2D eigenvalue weighted by atomic mass is 32.2. The van der Waals surface area contributed by atoms with Crippen LogP contribution in [0.4, 0.5) is 18.9 Å². The standard InChI is InChI=1S/C26H25F3N2O3S/c27-26(28,29)21-8-12-23(13-9-21)35(34)30-22-10-6-20(7-11-22)24(32)31-16-14-25(33,15-17-31)18-19-4-2-1-3-5-19/h1-13,30,33H,14-18H2. The number of carbonyl (C=O) groups is 1. The molecule has 0 bridgehead atoms. The zero-order chi connectivity index (χ0) is 25.1. The second-order valence-electron chi connectivity index (χ2n) is 8.65. The van der Waals surface area contributed by atoms with Gasteiger partial charge in [0.1, 0.15) is 11.4 Å². The molecule has 1 fully saturated rings. The highest BCUT2D eigenvalue weighted by Crippen LogP contribution is 2.30. The average Bonchev–Trinajstić information content (AvgIpc) is 2.84. The summed E-state index contributed by atoms with van der Waals surface area (Å²) in [6, 6.07) is 20.3. The van der Waals surface area contributed by atoms with Gasteiger partial charge in [-0.2, -0.15) is 13.2 Å². The van der Waals surface area contributed by atoms with E-state index in [9.17, 15) is 27.6 Å². The van der Waals surface area contributed by atoms with Crippen LogP contribution in [0.3, 0.4) is 0 Å². The minimum absolute atomic E-state index is 0.151. The lowest BCUT2D eigenvalue weighted by molar-refractivity contribution is -0.137. The number of rotatable bonds is 6. The van der Waals surface area contributed by atoms with Gasteiger partial charge in [0, 0.05) is 25.1 Å². The summed E-state index contributed by atoms with van der Waals surface area (Å²) in [5.74, 6) is -0.151. The van der Waals surface area contributed by atoms with Crippen LogP contribution in [0, 0.1) is 0 Å². The molecule has 1 saturated heterocycles. The van der Waals surface area contributed by atoms with Crippen molar-refractivity contribution >= 4 is 23.0 Å². The molecule has 0 radical (unpaired) electrons. The fraction of sp³-hybridized carbons (Fsp3) is 0.269. The molecule has 4 rings (SSSR count). The van der Waals surface area contributed by atoms with Gasteiger partial charge >= 0.3 is 6.18 Å². The van der Waals surface area contributed by atoms with E-state index in [2.05, 4.69) is 4.72 Å². The first-order valence-corrected chi connectivity index (χ1v) is 12.3. The molecule has 0 aromatic heterocycles. The highest BCUT2D eigenvalue weighted by Gasteiger charge is 2.34. The molecule has 0 saturated carbocycles. The molecular weight excluding hydrogens is 477 g/mol.